The minimum absolute atomic E-state index is 0.324. The Bertz CT molecular complexity index is 575. The number of para-hydroxylation sites is 1. The number of hydrogen-bond donors (Lipinski definition) is 0. The van der Waals surface area contributed by atoms with Gasteiger partial charge in [0.1, 0.15) is 18.1 Å². The van der Waals surface area contributed by atoms with E-state index in [0.29, 0.717) is 13.2 Å². The summed E-state index contributed by atoms with van der Waals surface area (Å²) in [6.45, 7) is 8.73. The molecule has 0 saturated heterocycles. The molecule has 1 unspecified atom stereocenters. The average molecular weight is 298 g/mol. The van der Waals surface area contributed by atoms with Crippen LogP contribution in [0, 0.1) is 0 Å². The van der Waals surface area contributed by atoms with E-state index in [1.165, 1.54) is 0 Å². The maximum absolute atomic E-state index is 5.69. The molecule has 3 heteroatoms. The summed E-state index contributed by atoms with van der Waals surface area (Å²) in [7, 11) is 0. The summed E-state index contributed by atoms with van der Waals surface area (Å²) in [6.07, 6.45) is -0.324. The smallest absolute Gasteiger partial charge is 0.197 e. The molecule has 0 bridgehead atoms. The van der Waals surface area contributed by atoms with Gasteiger partial charge in [0.25, 0.3) is 0 Å². The fourth-order valence-corrected chi connectivity index (χ4v) is 1.93. The lowest BCUT2D eigenvalue weighted by Crippen LogP contribution is -2.19. The first-order valence-corrected chi connectivity index (χ1v) is 7.37. The van der Waals surface area contributed by atoms with Gasteiger partial charge < -0.3 is 14.2 Å². The van der Waals surface area contributed by atoms with Gasteiger partial charge in [-0.1, -0.05) is 42.5 Å². The summed E-state index contributed by atoms with van der Waals surface area (Å²) in [6, 6.07) is 17.5. The molecule has 0 aliphatic heterocycles. The highest BCUT2D eigenvalue weighted by atomic mass is 16.7. The van der Waals surface area contributed by atoms with Crippen LogP contribution in [0.3, 0.4) is 0 Å². The van der Waals surface area contributed by atoms with E-state index < -0.39 is 0 Å². The lowest BCUT2D eigenvalue weighted by molar-refractivity contribution is -0.0739. The molecule has 22 heavy (non-hydrogen) atoms. The summed E-state index contributed by atoms with van der Waals surface area (Å²) in [5.41, 5.74) is 2.14. The Morgan fingerprint density at radius 2 is 1.64 bits per heavy atom. The highest BCUT2D eigenvalue weighted by molar-refractivity contribution is 5.61. The van der Waals surface area contributed by atoms with E-state index in [-0.39, 0.29) is 6.29 Å². The zero-order valence-electron chi connectivity index (χ0n) is 13.1. The van der Waals surface area contributed by atoms with Crippen LogP contribution < -0.4 is 9.47 Å². The number of hydrogen-bond acceptors (Lipinski definition) is 3. The first-order chi connectivity index (χ1) is 10.6. The minimum Gasteiger partial charge on any atom is -0.491 e. The molecule has 0 spiro atoms. The molecule has 0 radical (unpaired) electrons. The van der Waals surface area contributed by atoms with Crippen LogP contribution in [0.25, 0.3) is 5.57 Å². The average Bonchev–Trinajstić information content (AvgIpc) is 2.53. The van der Waals surface area contributed by atoms with E-state index in [1.807, 2.05) is 68.4 Å². The highest BCUT2D eigenvalue weighted by Gasteiger charge is 2.04. The number of benzene rings is 2. The van der Waals surface area contributed by atoms with E-state index in [4.69, 9.17) is 14.2 Å². The van der Waals surface area contributed by atoms with Gasteiger partial charge >= 0.3 is 0 Å². The second-order valence-corrected chi connectivity index (χ2v) is 5.02. The van der Waals surface area contributed by atoms with Gasteiger partial charge in [0, 0.05) is 0 Å². The number of rotatable bonds is 8. The summed E-state index contributed by atoms with van der Waals surface area (Å²) in [4.78, 5) is 0. The largest absolute Gasteiger partial charge is 0.491 e. The van der Waals surface area contributed by atoms with Crippen LogP contribution in [0.4, 0.5) is 0 Å². The van der Waals surface area contributed by atoms with E-state index in [2.05, 4.69) is 6.58 Å². The van der Waals surface area contributed by atoms with Crippen molar-refractivity contribution in [3.8, 4) is 11.5 Å². The maximum atomic E-state index is 5.69. The predicted molar refractivity (Wildman–Crippen MR) is 89.1 cm³/mol. The summed E-state index contributed by atoms with van der Waals surface area (Å²) in [5, 5.41) is 0. The monoisotopic (exact) mass is 298 g/mol. The molecule has 0 heterocycles. The van der Waals surface area contributed by atoms with Gasteiger partial charge in [-0.15, -0.1) is 0 Å². The van der Waals surface area contributed by atoms with E-state index in [0.717, 1.165) is 22.6 Å². The van der Waals surface area contributed by atoms with Gasteiger partial charge in [-0.05, 0) is 43.7 Å². The molecule has 0 saturated carbocycles. The van der Waals surface area contributed by atoms with Crippen LogP contribution in [0.2, 0.25) is 0 Å². The van der Waals surface area contributed by atoms with Crippen molar-refractivity contribution in [3.63, 3.8) is 0 Å². The Kier molecular flexibility index (Phi) is 6.04. The van der Waals surface area contributed by atoms with Crippen molar-refractivity contribution < 1.29 is 14.2 Å². The fourth-order valence-electron chi connectivity index (χ4n) is 1.93. The van der Waals surface area contributed by atoms with Crippen molar-refractivity contribution >= 4 is 5.57 Å². The molecule has 1 atom stereocenters. The molecular weight excluding hydrogens is 276 g/mol. The minimum atomic E-state index is -0.324. The second kappa shape index (κ2) is 8.25. The van der Waals surface area contributed by atoms with Crippen molar-refractivity contribution in [2.75, 3.05) is 13.2 Å². The Morgan fingerprint density at radius 1 is 0.955 bits per heavy atom. The number of ether oxygens (including phenoxy) is 3. The zero-order chi connectivity index (χ0) is 15.8. The van der Waals surface area contributed by atoms with Crippen LogP contribution >= 0.6 is 0 Å². The Morgan fingerprint density at radius 3 is 2.27 bits per heavy atom. The zero-order valence-corrected chi connectivity index (χ0v) is 13.1. The SMILES string of the molecule is C=C(C)c1ccc(OC(C)OCCOc2ccccc2)cc1. The number of allylic oxidation sites excluding steroid dienone is 1. The van der Waals surface area contributed by atoms with Gasteiger partial charge in [0.15, 0.2) is 6.29 Å². The molecule has 0 amide bonds. The standard InChI is InChI=1S/C19H22O3/c1-15(2)17-9-11-19(12-10-17)22-16(3)20-13-14-21-18-7-5-4-6-8-18/h4-12,16H,1,13-14H2,2-3H3. The molecule has 0 aliphatic carbocycles. The molecule has 2 aromatic rings. The highest BCUT2D eigenvalue weighted by Crippen LogP contribution is 2.18. The van der Waals surface area contributed by atoms with E-state index in [1.54, 1.807) is 0 Å². The third-order valence-electron chi connectivity index (χ3n) is 3.10. The van der Waals surface area contributed by atoms with Crippen molar-refractivity contribution in [1.82, 2.24) is 0 Å². The lowest BCUT2D eigenvalue weighted by Gasteiger charge is -2.16. The summed E-state index contributed by atoms with van der Waals surface area (Å²) < 4.78 is 16.8. The first kappa shape index (κ1) is 16.1. The summed E-state index contributed by atoms with van der Waals surface area (Å²) >= 11 is 0. The van der Waals surface area contributed by atoms with Gasteiger partial charge in [-0.2, -0.15) is 0 Å². The van der Waals surface area contributed by atoms with E-state index >= 15 is 0 Å². The third kappa shape index (κ3) is 5.26. The third-order valence-corrected chi connectivity index (χ3v) is 3.10. The summed E-state index contributed by atoms with van der Waals surface area (Å²) in [5.74, 6) is 1.62. The van der Waals surface area contributed by atoms with Crippen molar-refractivity contribution in [3.05, 3.63) is 66.7 Å². The topological polar surface area (TPSA) is 27.7 Å². The molecule has 0 N–H and O–H groups in total. The molecular formula is C19H22O3. The van der Waals surface area contributed by atoms with Crippen LogP contribution in [0.15, 0.2) is 61.2 Å². The van der Waals surface area contributed by atoms with Gasteiger partial charge in [0.05, 0.1) is 6.61 Å². The molecule has 2 aromatic carbocycles. The van der Waals surface area contributed by atoms with Gasteiger partial charge in [-0.3, -0.25) is 0 Å². The van der Waals surface area contributed by atoms with Gasteiger partial charge in [-0.25, -0.2) is 0 Å². The second-order valence-electron chi connectivity index (χ2n) is 5.02. The molecule has 0 aromatic heterocycles. The van der Waals surface area contributed by atoms with Crippen LogP contribution in [0.1, 0.15) is 19.4 Å². The predicted octanol–water partition coefficient (Wildman–Crippen LogP) is 4.54. The Balaban J connectivity index is 1.69. The molecule has 116 valence electrons. The van der Waals surface area contributed by atoms with Crippen molar-refractivity contribution in [2.24, 2.45) is 0 Å². The Labute approximate surface area is 132 Å². The van der Waals surface area contributed by atoms with Crippen LogP contribution in [0.5, 0.6) is 11.5 Å². The molecule has 0 fully saturated rings. The van der Waals surface area contributed by atoms with Crippen molar-refractivity contribution in [2.45, 2.75) is 20.1 Å². The Hall–Kier alpha value is -2.26. The van der Waals surface area contributed by atoms with E-state index in [9.17, 15) is 0 Å². The molecule has 2 rings (SSSR count). The fraction of sp³-hybridized carbons (Fsp3) is 0.263. The van der Waals surface area contributed by atoms with Gasteiger partial charge in [0.2, 0.25) is 0 Å². The first-order valence-electron chi connectivity index (χ1n) is 7.37. The lowest BCUT2D eigenvalue weighted by atomic mass is 10.1. The normalized spacial score (nSPS) is 11.7. The molecule has 3 nitrogen and oxygen atoms in total. The molecule has 0 aliphatic rings. The van der Waals surface area contributed by atoms with Crippen LogP contribution in [-0.2, 0) is 4.74 Å². The van der Waals surface area contributed by atoms with Crippen LogP contribution in [-0.4, -0.2) is 19.5 Å². The van der Waals surface area contributed by atoms with Crippen molar-refractivity contribution in [1.29, 1.82) is 0 Å². The quantitative estimate of drug-likeness (QED) is 0.529. The maximum Gasteiger partial charge on any atom is 0.197 e.